The van der Waals surface area contributed by atoms with Crippen LogP contribution in [0.2, 0.25) is 0 Å². The molecular weight excluding hydrogens is 248 g/mol. The molecule has 1 aliphatic heterocycles. The van der Waals surface area contributed by atoms with E-state index in [0.29, 0.717) is 17.7 Å². The number of likely N-dealkylation sites (tertiary alicyclic amines) is 1. The van der Waals surface area contributed by atoms with Gasteiger partial charge in [0.2, 0.25) is 0 Å². The lowest BCUT2D eigenvalue weighted by Crippen LogP contribution is -2.37. The molecule has 0 spiro atoms. The van der Waals surface area contributed by atoms with Gasteiger partial charge in [-0.1, -0.05) is 6.07 Å². The topological polar surface area (TPSA) is 83.7 Å². The summed E-state index contributed by atoms with van der Waals surface area (Å²) in [5.74, 6) is -0.238. The molecule has 0 radical (unpaired) electrons. The number of nitro benzene ring substituents is 1. The van der Waals surface area contributed by atoms with Crippen molar-refractivity contribution in [3.63, 3.8) is 0 Å². The van der Waals surface area contributed by atoms with Gasteiger partial charge in [-0.3, -0.25) is 14.9 Å². The molecule has 0 aliphatic carbocycles. The Morgan fingerprint density at radius 3 is 2.95 bits per heavy atom. The Morgan fingerprint density at radius 1 is 1.58 bits per heavy atom. The van der Waals surface area contributed by atoms with E-state index < -0.39 is 4.92 Å². The molecule has 1 aromatic rings. The molecule has 102 valence electrons. The number of rotatable bonds is 3. The molecule has 6 heteroatoms. The van der Waals surface area contributed by atoms with Crippen LogP contribution in [0.1, 0.15) is 28.8 Å². The minimum Gasteiger partial charge on any atom is -0.394 e. The number of carbonyl (C=O) groups is 1. The summed E-state index contributed by atoms with van der Waals surface area (Å²) in [6, 6.07) is 4.10. The zero-order valence-electron chi connectivity index (χ0n) is 10.7. The third kappa shape index (κ3) is 2.58. The molecule has 0 aromatic heterocycles. The Hall–Kier alpha value is -1.95. The fourth-order valence-electron chi connectivity index (χ4n) is 2.40. The van der Waals surface area contributed by atoms with Crippen molar-refractivity contribution in [2.24, 2.45) is 0 Å². The first-order valence-electron chi connectivity index (χ1n) is 6.21. The van der Waals surface area contributed by atoms with Crippen LogP contribution in [0.4, 0.5) is 5.69 Å². The fourth-order valence-corrected chi connectivity index (χ4v) is 2.40. The molecule has 1 fully saturated rings. The van der Waals surface area contributed by atoms with E-state index in [-0.39, 0.29) is 24.2 Å². The van der Waals surface area contributed by atoms with Crippen molar-refractivity contribution >= 4 is 11.6 Å². The average molecular weight is 264 g/mol. The minimum atomic E-state index is -0.510. The van der Waals surface area contributed by atoms with Gasteiger partial charge < -0.3 is 10.0 Å². The molecule has 1 aliphatic rings. The summed E-state index contributed by atoms with van der Waals surface area (Å²) in [4.78, 5) is 24.3. The Balaban J connectivity index is 2.32. The highest BCUT2D eigenvalue weighted by Crippen LogP contribution is 2.23. The Labute approximate surface area is 110 Å². The summed E-state index contributed by atoms with van der Waals surface area (Å²) in [5.41, 5.74) is 0.961. The van der Waals surface area contributed by atoms with Gasteiger partial charge in [0.25, 0.3) is 11.6 Å². The summed E-state index contributed by atoms with van der Waals surface area (Å²) in [6.07, 6.45) is 1.63. The lowest BCUT2D eigenvalue weighted by molar-refractivity contribution is -0.384. The zero-order chi connectivity index (χ0) is 14.0. The monoisotopic (exact) mass is 264 g/mol. The maximum Gasteiger partial charge on any atom is 0.270 e. The van der Waals surface area contributed by atoms with E-state index in [1.807, 2.05) is 0 Å². The second kappa shape index (κ2) is 5.36. The average Bonchev–Trinajstić information content (AvgIpc) is 2.86. The molecule has 1 heterocycles. The van der Waals surface area contributed by atoms with E-state index in [1.54, 1.807) is 17.9 Å². The van der Waals surface area contributed by atoms with Crippen molar-refractivity contribution in [3.8, 4) is 0 Å². The first kappa shape index (κ1) is 13.5. The van der Waals surface area contributed by atoms with Crippen molar-refractivity contribution in [3.05, 3.63) is 39.4 Å². The van der Waals surface area contributed by atoms with Crippen LogP contribution in [0.15, 0.2) is 18.2 Å². The number of non-ortho nitro benzene ring substituents is 1. The highest BCUT2D eigenvalue weighted by molar-refractivity contribution is 5.96. The fraction of sp³-hybridized carbons (Fsp3) is 0.462. The van der Waals surface area contributed by atoms with Gasteiger partial charge in [-0.2, -0.15) is 0 Å². The molecule has 1 unspecified atom stereocenters. The van der Waals surface area contributed by atoms with Crippen LogP contribution < -0.4 is 0 Å². The highest BCUT2D eigenvalue weighted by atomic mass is 16.6. The van der Waals surface area contributed by atoms with E-state index in [1.165, 1.54) is 12.1 Å². The molecule has 1 N–H and O–H groups in total. The van der Waals surface area contributed by atoms with E-state index in [0.717, 1.165) is 12.8 Å². The number of aryl methyl sites for hydroxylation is 1. The largest absolute Gasteiger partial charge is 0.394 e. The van der Waals surface area contributed by atoms with E-state index >= 15 is 0 Å². The van der Waals surface area contributed by atoms with Crippen LogP contribution in [0.5, 0.6) is 0 Å². The zero-order valence-corrected chi connectivity index (χ0v) is 10.7. The first-order valence-corrected chi connectivity index (χ1v) is 6.21. The van der Waals surface area contributed by atoms with E-state index in [9.17, 15) is 20.0 Å². The predicted octanol–water partition coefficient (Wildman–Crippen LogP) is 1.50. The van der Waals surface area contributed by atoms with Crippen molar-refractivity contribution in [1.29, 1.82) is 0 Å². The number of aliphatic hydroxyl groups is 1. The standard InChI is InChI=1S/C13H16N2O4/c1-9-4-5-10(15(18)19)7-12(9)13(17)14-6-2-3-11(14)8-16/h4-5,7,11,16H,2-3,6,8H2,1H3. The molecule has 6 nitrogen and oxygen atoms in total. The van der Waals surface area contributed by atoms with Gasteiger partial charge in [-0.05, 0) is 25.3 Å². The normalized spacial score (nSPS) is 18.6. The van der Waals surface area contributed by atoms with Gasteiger partial charge in [0.15, 0.2) is 0 Å². The second-order valence-corrected chi connectivity index (χ2v) is 4.73. The molecule has 1 saturated heterocycles. The Kier molecular flexibility index (Phi) is 3.80. The smallest absolute Gasteiger partial charge is 0.270 e. The number of nitro groups is 1. The number of hydrogen-bond acceptors (Lipinski definition) is 4. The number of hydrogen-bond donors (Lipinski definition) is 1. The Morgan fingerprint density at radius 2 is 2.32 bits per heavy atom. The van der Waals surface area contributed by atoms with E-state index in [4.69, 9.17) is 0 Å². The third-order valence-corrected chi connectivity index (χ3v) is 3.51. The second-order valence-electron chi connectivity index (χ2n) is 4.73. The van der Waals surface area contributed by atoms with Crippen molar-refractivity contribution in [2.75, 3.05) is 13.2 Å². The molecule has 1 aromatic carbocycles. The van der Waals surface area contributed by atoms with Crippen LogP contribution in [-0.2, 0) is 0 Å². The first-order chi connectivity index (χ1) is 9.04. The van der Waals surface area contributed by atoms with Gasteiger partial charge in [0.1, 0.15) is 0 Å². The molecule has 1 amide bonds. The lowest BCUT2D eigenvalue weighted by Gasteiger charge is -2.23. The number of nitrogens with zero attached hydrogens (tertiary/aromatic N) is 2. The third-order valence-electron chi connectivity index (χ3n) is 3.51. The highest BCUT2D eigenvalue weighted by Gasteiger charge is 2.30. The summed E-state index contributed by atoms with van der Waals surface area (Å²) in [6.45, 7) is 2.27. The number of aliphatic hydroxyl groups excluding tert-OH is 1. The predicted molar refractivity (Wildman–Crippen MR) is 69.0 cm³/mol. The van der Waals surface area contributed by atoms with Gasteiger partial charge in [0.05, 0.1) is 17.6 Å². The van der Waals surface area contributed by atoms with Gasteiger partial charge in [0, 0.05) is 24.2 Å². The summed E-state index contributed by atoms with van der Waals surface area (Å²) in [7, 11) is 0. The van der Waals surface area contributed by atoms with Gasteiger partial charge >= 0.3 is 0 Å². The summed E-state index contributed by atoms with van der Waals surface area (Å²) < 4.78 is 0. The van der Waals surface area contributed by atoms with Crippen molar-refractivity contribution < 1.29 is 14.8 Å². The molecular formula is C13H16N2O4. The maximum absolute atomic E-state index is 12.4. The lowest BCUT2D eigenvalue weighted by atomic mass is 10.1. The van der Waals surface area contributed by atoms with Gasteiger partial charge in [-0.25, -0.2) is 0 Å². The van der Waals surface area contributed by atoms with E-state index in [2.05, 4.69) is 0 Å². The van der Waals surface area contributed by atoms with Crippen molar-refractivity contribution in [1.82, 2.24) is 4.90 Å². The summed E-state index contributed by atoms with van der Waals surface area (Å²) in [5, 5.41) is 20.0. The molecule has 0 bridgehead atoms. The minimum absolute atomic E-state index is 0.0697. The molecule has 1 atom stereocenters. The SMILES string of the molecule is Cc1ccc([N+](=O)[O-])cc1C(=O)N1CCCC1CO. The number of benzene rings is 1. The van der Waals surface area contributed by atoms with Crippen LogP contribution >= 0.6 is 0 Å². The maximum atomic E-state index is 12.4. The van der Waals surface area contributed by atoms with Crippen LogP contribution in [0.3, 0.4) is 0 Å². The van der Waals surface area contributed by atoms with Crippen molar-refractivity contribution in [2.45, 2.75) is 25.8 Å². The quantitative estimate of drug-likeness (QED) is 0.662. The molecule has 19 heavy (non-hydrogen) atoms. The summed E-state index contributed by atoms with van der Waals surface area (Å²) >= 11 is 0. The van der Waals surface area contributed by atoms with Crippen LogP contribution in [0, 0.1) is 17.0 Å². The molecule has 0 saturated carbocycles. The van der Waals surface area contributed by atoms with Crippen LogP contribution in [0.25, 0.3) is 0 Å². The Bertz CT molecular complexity index is 515. The number of carbonyl (C=O) groups excluding carboxylic acids is 1. The molecule has 2 rings (SSSR count). The van der Waals surface area contributed by atoms with Crippen LogP contribution in [-0.4, -0.2) is 40.0 Å². The van der Waals surface area contributed by atoms with Gasteiger partial charge in [-0.15, -0.1) is 0 Å². The number of amides is 1.